The molecule has 0 radical (unpaired) electrons. The van der Waals surface area contributed by atoms with E-state index >= 15 is 0 Å². The van der Waals surface area contributed by atoms with Crippen LogP contribution in [0, 0.1) is 5.92 Å². The fourth-order valence-electron chi connectivity index (χ4n) is 1.26. The van der Waals surface area contributed by atoms with Crippen LogP contribution in [0.1, 0.15) is 19.4 Å². The highest BCUT2D eigenvalue weighted by molar-refractivity contribution is 14.0. The molecule has 1 aromatic rings. The van der Waals surface area contributed by atoms with Gasteiger partial charge in [-0.05, 0) is 17.7 Å². The normalized spacial score (nSPS) is 10.8. The van der Waals surface area contributed by atoms with E-state index in [2.05, 4.69) is 15.6 Å². The molecular formula is C13H21IN4O. The highest BCUT2D eigenvalue weighted by Crippen LogP contribution is 2.10. The molecular weight excluding hydrogens is 355 g/mol. The van der Waals surface area contributed by atoms with Gasteiger partial charge >= 0.3 is 0 Å². The second kappa shape index (κ2) is 8.73. The van der Waals surface area contributed by atoms with E-state index in [1.54, 1.807) is 7.05 Å². The maximum absolute atomic E-state index is 11.5. The minimum atomic E-state index is -0.0214. The van der Waals surface area contributed by atoms with Crippen LogP contribution in [0.25, 0.3) is 0 Å². The Labute approximate surface area is 131 Å². The van der Waals surface area contributed by atoms with Gasteiger partial charge in [0.2, 0.25) is 5.91 Å². The smallest absolute Gasteiger partial charge is 0.226 e. The molecule has 1 aromatic carbocycles. The number of nitrogens with zero attached hydrogens (tertiary/aromatic N) is 1. The fourth-order valence-corrected chi connectivity index (χ4v) is 1.26. The van der Waals surface area contributed by atoms with Crippen LogP contribution in [-0.4, -0.2) is 18.9 Å². The summed E-state index contributed by atoms with van der Waals surface area (Å²) >= 11 is 0. The Morgan fingerprint density at radius 1 is 1.32 bits per heavy atom. The summed E-state index contributed by atoms with van der Waals surface area (Å²) in [5.74, 6) is 0.405. The molecule has 4 N–H and O–H groups in total. The number of hydrogen-bond donors (Lipinski definition) is 3. The van der Waals surface area contributed by atoms with Crippen LogP contribution >= 0.6 is 24.0 Å². The van der Waals surface area contributed by atoms with Gasteiger partial charge in [0.1, 0.15) is 0 Å². The number of anilines is 1. The van der Waals surface area contributed by atoms with Crippen LogP contribution in [-0.2, 0) is 11.3 Å². The Hall–Kier alpha value is -1.31. The number of nitrogens with one attached hydrogen (secondary N) is 2. The topological polar surface area (TPSA) is 79.5 Å². The summed E-state index contributed by atoms with van der Waals surface area (Å²) in [5, 5.41) is 5.80. The number of hydrogen-bond acceptors (Lipinski definition) is 2. The van der Waals surface area contributed by atoms with Crippen molar-refractivity contribution < 1.29 is 4.79 Å². The van der Waals surface area contributed by atoms with Crippen molar-refractivity contribution in [1.82, 2.24) is 5.32 Å². The van der Waals surface area contributed by atoms with Gasteiger partial charge in [-0.2, -0.15) is 0 Å². The minimum absolute atomic E-state index is 0. The summed E-state index contributed by atoms with van der Waals surface area (Å²) in [5.41, 5.74) is 7.41. The minimum Gasteiger partial charge on any atom is -0.370 e. The van der Waals surface area contributed by atoms with Crippen molar-refractivity contribution in [3.8, 4) is 0 Å². The van der Waals surface area contributed by atoms with Gasteiger partial charge in [-0.1, -0.05) is 26.0 Å². The van der Waals surface area contributed by atoms with Gasteiger partial charge in [-0.25, -0.2) is 0 Å². The van der Waals surface area contributed by atoms with Gasteiger partial charge in [0.05, 0.1) is 0 Å². The lowest BCUT2D eigenvalue weighted by atomic mass is 10.1. The third-order valence-electron chi connectivity index (χ3n) is 2.46. The molecule has 0 aliphatic heterocycles. The molecule has 6 heteroatoms. The zero-order valence-electron chi connectivity index (χ0n) is 11.4. The second-order valence-electron chi connectivity index (χ2n) is 4.30. The molecule has 0 atom stereocenters. The highest BCUT2D eigenvalue weighted by Gasteiger charge is 2.06. The largest absolute Gasteiger partial charge is 0.370 e. The van der Waals surface area contributed by atoms with Crippen molar-refractivity contribution in [1.29, 1.82) is 0 Å². The number of halogens is 1. The molecule has 0 saturated heterocycles. The van der Waals surface area contributed by atoms with Crippen molar-refractivity contribution >= 4 is 41.5 Å². The summed E-state index contributed by atoms with van der Waals surface area (Å²) in [4.78, 5) is 15.3. The predicted molar refractivity (Wildman–Crippen MR) is 89.7 cm³/mol. The first-order valence-corrected chi connectivity index (χ1v) is 5.89. The van der Waals surface area contributed by atoms with Crippen LogP contribution in [0.4, 0.5) is 5.69 Å². The summed E-state index contributed by atoms with van der Waals surface area (Å²) in [7, 11) is 1.63. The average molecular weight is 376 g/mol. The van der Waals surface area contributed by atoms with Gasteiger partial charge in [0.25, 0.3) is 0 Å². The molecule has 0 heterocycles. The van der Waals surface area contributed by atoms with Crippen LogP contribution < -0.4 is 16.4 Å². The van der Waals surface area contributed by atoms with E-state index in [-0.39, 0.29) is 35.8 Å². The van der Waals surface area contributed by atoms with E-state index < -0.39 is 0 Å². The zero-order chi connectivity index (χ0) is 13.5. The third-order valence-corrected chi connectivity index (χ3v) is 2.46. The number of amides is 1. The number of guanidine groups is 1. The van der Waals surface area contributed by atoms with Gasteiger partial charge < -0.3 is 16.4 Å². The maximum atomic E-state index is 11.5. The molecule has 0 saturated carbocycles. The van der Waals surface area contributed by atoms with Crippen molar-refractivity contribution in [2.45, 2.75) is 20.4 Å². The first-order chi connectivity index (χ1) is 8.52. The van der Waals surface area contributed by atoms with E-state index in [1.807, 2.05) is 38.1 Å². The molecule has 106 valence electrons. The summed E-state index contributed by atoms with van der Waals surface area (Å²) in [6.45, 7) is 4.34. The Morgan fingerprint density at radius 3 is 2.37 bits per heavy atom. The molecule has 0 aromatic heterocycles. The van der Waals surface area contributed by atoms with Crippen molar-refractivity contribution in [3.63, 3.8) is 0 Å². The van der Waals surface area contributed by atoms with Crippen molar-refractivity contribution in [3.05, 3.63) is 29.8 Å². The summed E-state index contributed by atoms with van der Waals surface area (Å²) in [6.07, 6.45) is 0. The fraction of sp³-hybridized carbons (Fsp3) is 0.385. The quantitative estimate of drug-likeness (QED) is 0.427. The Kier molecular flexibility index (Phi) is 8.13. The highest BCUT2D eigenvalue weighted by atomic mass is 127. The lowest BCUT2D eigenvalue weighted by molar-refractivity contribution is -0.118. The molecule has 0 aliphatic rings. The van der Waals surface area contributed by atoms with Gasteiger partial charge in [-0.15, -0.1) is 24.0 Å². The van der Waals surface area contributed by atoms with Crippen LogP contribution in [0.2, 0.25) is 0 Å². The molecule has 0 unspecified atom stereocenters. The Morgan fingerprint density at radius 2 is 1.89 bits per heavy atom. The number of benzene rings is 1. The number of nitrogens with two attached hydrogens (primary N) is 1. The number of carbonyl (C=O) groups is 1. The zero-order valence-corrected chi connectivity index (χ0v) is 13.8. The third kappa shape index (κ3) is 6.42. The average Bonchev–Trinajstić information content (AvgIpc) is 2.37. The molecule has 0 fully saturated rings. The first-order valence-electron chi connectivity index (χ1n) is 5.89. The Bertz CT molecular complexity index is 429. The SMILES string of the molecule is CN=C(N)NCc1ccc(NC(=O)C(C)C)cc1.I. The molecule has 1 rings (SSSR count). The number of carbonyl (C=O) groups excluding carboxylic acids is 1. The molecule has 0 aliphatic carbocycles. The van der Waals surface area contributed by atoms with E-state index in [0.29, 0.717) is 12.5 Å². The number of rotatable bonds is 4. The molecule has 19 heavy (non-hydrogen) atoms. The van der Waals surface area contributed by atoms with Crippen molar-refractivity contribution in [2.24, 2.45) is 16.6 Å². The van der Waals surface area contributed by atoms with Crippen molar-refractivity contribution in [2.75, 3.05) is 12.4 Å². The first kappa shape index (κ1) is 17.7. The molecule has 0 bridgehead atoms. The van der Waals surface area contributed by atoms with Crippen LogP contribution in [0.3, 0.4) is 0 Å². The van der Waals surface area contributed by atoms with Gasteiger partial charge in [-0.3, -0.25) is 9.79 Å². The van der Waals surface area contributed by atoms with Gasteiger partial charge in [0, 0.05) is 25.2 Å². The Balaban J connectivity index is 0.00000324. The molecule has 1 amide bonds. The lowest BCUT2D eigenvalue weighted by Crippen LogP contribution is -2.30. The van der Waals surface area contributed by atoms with E-state index in [9.17, 15) is 4.79 Å². The van der Waals surface area contributed by atoms with E-state index in [1.165, 1.54) is 0 Å². The summed E-state index contributed by atoms with van der Waals surface area (Å²) in [6, 6.07) is 7.62. The van der Waals surface area contributed by atoms with Gasteiger partial charge in [0.15, 0.2) is 5.96 Å². The van der Waals surface area contributed by atoms with E-state index in [0.717, 1.165) is 11.3 Å². The number of aliphatic imine (C=N–C) groups is 1. The maximum Gasteiger partial charge on any atom is 0.226 e. The van der Waals surface area contributed by atoms with Crippen LogP contribution in [0.15, 0.2) is 29.3 Å². The molecule has 5 nitrogen and oxygen atoms in total. The predicted octanol–water partition coefficient (Wildman–Crippen LogP) is 1.93. The lowest BCUT2D eigenvalue weighted by Gasteiger charge is -2.09. The monoisotopic (exact) mass is 376 g/mol. The summed E-state index contributed by atoms with van der Waals surface area (Å²) < 4.78 is 0. The molecule has 0 spiro atoms. The standard InChI is InChI=1S/C13H20N4O.HI/c1-9(2)12(18)17-11-6-4-10(5-7-11)8-16-13(14)15-3;/h4-7,9H,8H2,1-3H3,(H,17,18)(H3,14,15,16);1H. The second-order valence-corrected chi connectivity index (χ2v) is 4.30. The van der Waals surface area contributed by atoms with E-state index in [4.69, 9.17) is 5.73 Å². The van der Waals surface area contributed by atoms with Crippen LogP contribution in [0.5, 0.6) is 0 Å².